The molecule has 3 rings (SSSR count). The molecule has 0 bridgehead atoms. The number of esters is 2. The van der Waals surface area contributed by atoms with Crippen LogP contribution < -0.4 is 0 Å². The summed E-state index contributed by atoms with van der Waals surface area (Å²) < 4.78 is 9.99. The van der Waals surface area contributed by atoms with E-state index in [0.29, 0.717) is 23.4 Å². The van der Waals surface area contributed by atoms with Crippen LogP contribution in [0.2, 0.25) is 0 Å². The first-order valence-corrected chi connectivity index (χ1v) is 6.52. The van der Waals surface area contributed by atoms with Crippen molar-refractivity contribution in [2.24, 2.45) is 10.9 Å². The molecule has 2 aliphatic heterocycles. The number of dihydropyridines is 1. The fraction of sp³-hybridized carbons (Fsp3) is 0.188. The third kappa shape index (κ3) is 2.50. The molecule has 106 valence electrons. The van der Waals surface area contributed by atoms with Gasteiger partial charge in [0.1, 0.15) is 11.7 Å². The van der Waals surface area contributed by atoms with Gasteiger partial charge in [0, 0.05) is 12.6 Å². The van der Waals surface area contributed by atoms with E-state index in [2.05, 4.69) is 4.99 Å². The minimum atomic E-state index is -0.409. The lowest BCUT2D eigenvalue weighted by molar-refractivity contribution is -0.138. The monoisotopic (exact) mass is 283 g/mol. The van der Waals surface area contributed by atoms with Crippen LogP contribution in [-0.4, -0.2) is 25.3 Å². The number of hydrogen-bond donors (Lipinski definition) is 0. The second-order valence-corrected chi connectivity index (χ2v) is 4.74. The van der Waals surface area contributed by atoms with Crippen molar-refractivity contribution in [3.05, 3.63) is 59.0 Å². The van der Waals surface area contributed by atoms with E-state index in [1.165, 1.54) is 7.11 Å². The van der Waals surface area contributed by atoms with Crippen molar-refractivity contribution in [1.82, 2.24) is 0 Å². The molecule has 1 atom stereocenters. The quantitative estimate of drug-likeness (QED) is 0.796. The Balaban J connectivity index is 1.87. The number of ether oxygens (including phenoxy) is 2. The molecule has 2 aliphatic rings. The Hall–Kier alpha value is -2.69. The molecule has 1 aromatic rings. The van der Waals surface area contributed by atoms with Crippen molar-refractivity contribution in [2.75, 3.05) is 7.11 Å². The molecular formula is C16H13NO4. The molecule has 0 fully saturated rings. The maximum Gasteiger partial charge on any atom is 0.337 e. The SMILES string of the molecule is COC(=O)c1cccc(CC2=C3N=CC=CC3C(=O)O2)c1. The smallest absolute Gasteiger partial charge is 0.337 e. The van der Waals surface area contributed by atoms with Crippen LogP contribution in [-0.2, 0) is 20.7 Å². The van der Waals surface area contributed by atoms with Gasteiger partial charge in [-0.05, 0) is 23.8 Å². The van der Waals surface area contributed by atoms with Crippen molar-refractivity contribution in [3.63, 3.8) is 0 Å². The molecule has 0 saturated heterocycles. The molecule has 2 heterocycles. The zero-order chi connectivity index (χ0) is 14.8. The van der Waals surface area contributed by atoms with Gasteiger partial charge in [0.15, 0.2) is 0 Å². The number of allylic oxidation sites excluding steroid dienone is 2. The normalized spacial score (nSPS) is 19.5. The Morgan fingerprint density at radius 2 is 2.29 bits per heavy atom. The summed E-state index contributed by atoms with van der Waals surface area (Å²) in [5.74, 6) is -0.576. The van der Waals surface area contributed by atoms with Crippen LogP contribution in [0.5, 0.6) is 0 Å². The van der Waals surface area contributed by atoms with E-state index in [9.17, 15) is 9.59 Å². The largest absolute Gasteiger partial charge is 0.465 e. The summed E-state index contributed by atoms with van der Waals surface area (Å²) in [7, 11) is 1.34. The summed E-state index contributed by atoms with van der Waals surface area (Å²) in [4.78, 5) is 27.5. The van der Waals surface area contributed by atoms with E-state index in [4.69, 9.17) is 9.47 Å². The average Bonchev–Trinajstić information content (AvgIpc) is 2.83. The number of cyclic esters (lactones) is 1. The van der Waals surface area contributed by atoms with Crippen molar-refractivity contribution < 1.29 is 19.1 Å². The van der Waals surface area contributed by atoms with E-state index >= 15 is 0 Å². The number of methoxy groups -OCH3 is 1. The average molecular weight is 283 g/mol. The van der Waals surface area contributed by atoms with Crippen molar-refractivity contribution in [3.8, 4) is 0 Å². The Kier molecular flexibility index (Phi) is 3.39. The molecule has 0 aromatic heterocycles. The summed E-state index contributed by atoms with van der Waals surface area (Å²) in [6.45, 7) is 0. The van der Waals surface area contributed by atoms with E-state index < -0.39 is 11.9 Å². The van der Waals surface area contributed by atoms with Gasteiger partial charge in [0.25, 0.3) is 0 Å². The van der Waals surface area contributed by atoms with Gasteiger partial charge in [-0.25, -0.2) is 4.79 Å². The summed E-state index contributed by atoms with van der Waals surface area (Å²) >= 11 is 0. The Labute approximate surface area is 121 Å². The zero-order valence-electron chi connectivity index (χ0n) is 11.4. The summed E-state index contributed by atoms with van der Waals surface area (Å²) in [6.07, 6.45) is 5.55. The Morgan fingerprint density at radius 3 is 3.10 bits per heavy atom. The third-order valence-electron chi connectivity index (χ3n) is 3.37. The van der Waals surface area contributed by atoms with Gasteiger partial charge in [-0.3, -0.25) is 9.79 Å². The molecule has 0 saturated carbocycles. The summed E-state index contributed by atoms with van der Waals surface area (Å²) in [6, 6.07) is 7.04. The van der Waals surface area contributed by atoms with Crippen LogP contribution in [0.4, 0.5) is 0 Å². The van der Waals surface area contributed by atoms with Gasteiger partial charge >= 0.3 is 11.9 Å². The van der Waals surface area contributed by atoms with E-state index in [1.54, 1.807) is 36.6 Å². The predicted molar refractivity (Wildman–Crippen MR) is 75.7 cm³/mol. The number of hydrogen-bond acceptors (Lipinski definition) is 5. The fourth-order valence-electron chi connectivity index (χ4n) is 2.37. The standard InChI is InChI=1S/C16H13NO4/c1-20-15(18)11-5-2-4-10(8-11)9-13-14-12(16(19)21-13)6-3-7-17-14/h2-8,12H,9H2,1H3. The minimum absolute atomic E-state index is 0.308. The van der Waals surface area contributed by atoms with Crippen LogP contribution in [0.3, 0.4) is 0 Å². The molecule has 0 aliphatic carbocycles. The molecule has 5 nitrogen and oxygen atoms in total. The van der Waals surface area contributed by atoms with Crippen LogP contribution in [0.15, 0.2) is 52.9 Å². The lowest BCUT2D eigenvalue weighted by atomic mass is 10.0. The second kappa shape index (κ2) is 5.36. The van der Waals surface area contributed by atoms with Gasteiger partial charge in [0.2, 0.25) is 0 Å². The van der Waals surface area contributed by atoms with Crippen molar-refractivity contribution in [2.45, 2.75) is 6.42 Å². The molecule has 0 N–H and O–H groups in total. The van der Waals surface area contributed by atoms with Crippen LogP contribution in [0.1, 0.15) is 15.9 Å². The zero-order valence-corrected chi connectivity index (χ0v) is 11.4. The molecule has 0 spiro atoms. The highest BCUT2D eigenvalue weighted by atomic mass is 16.5. The number of fused-ring (bicyclic) bond motifs is 1. The lowest BCUT2D eigenvalue weighted by Gasteiger charge is -2.06. The first-order valence-electron chi connectivity index (χ1n) is 6.52. The van der Waals surface area contributed by atoms with Gasteiger partial charge in [-0.15, -0.1) is 0 Å². The van der Waals surface area contributed by atoms with Gasteiger partial charge in [0.05, 0.1) is 18.4 Å². The number of benzene rings is 1. The molecule has 0 amide bonds. The Morgan fingerprint density at radius 1 is 1.43 bits per heavy atom. The minimum Gasteiger partial charge on any atom is -0.465 e. The summed E-state index contributed by atoms with van der Waals surface area (Å²) in [5, 5.41) is 0. The maximum absolute atomic E-state index is 11.8. The number of aliphatic imine (C=N–C) groups is 1. The van der Waals surface area contributed by atoms with Crippen LogP contribution in [0.25, 0.3) is 0 Å². The first-order chi connectivity index (χ1) is 10.2. The van der Waals surface area contributed by atoms with Crippen molar-refractivity contribution in [1.29, 1.82) is 0 Å². The predicted octanol–water partition coefficient (Wildman–Crippen LogP) is 2.04. The highest BCUT2D eigenvalue weighted by Crippen LogP contribution is 2.32. The fourth-order valence-corrected chi connectivity index (χ4v) is 2.37. The molecule has 0 radical (unpaired) electrons. The lowest BCUT2D eigenvalue weighted by Crippen LogP contribution is -2.09. The number of nitrogens with zero attached hydrogens (tertiary/aromatic N) is 1. The maximum atomic E-state index is 11.8. The highest BCUT2D eigenvalue weighted by Gasteiger charge is 2.34. The second-order valence-electron chi connectivity index (χ2n) is 4.74. The topological polar surface area (TPSA) is 65.0 Å². The molecule has 1 aromatic carbocycles. The van der Waals surface area contributed by atoms with Crippen LogP contribution in [0, 0.1) is 5.92 Å². The Bertz CT molecular complexity index is 700. The van der Waals surface area contributed by atoms with Crippen LogP contribution >= 0.6 is 0 Å². The van der Waals surface area contributed by atoms with Gasteiger partial charge in [-0.2, -0.15) is 0 Å². The molecular weight excluding hydrogens is 270 g/mol. The number of rotatable bonds is 3. The van der Waals surface area contributed by atoms with E-state index in [1.807, 2.05) is 6.07 Å². The molecule has 1 unspecified atom stereocenters. The molecule has 5 heteroatoms. The van der Waals surface area contributed by atoms with Gasteiger partial charge in [-0.1, -0.05) is 18.2 Å². The third-order valence-corrected chi connectivity index (χ3v) is 3.37. The van der Waals surface area contributed by atoms with E-state index in [-0.39, 0.29) is 5.97 Å². The molecule has 21 heavy (non-hydrogen) atoms. The summed E-state index contributed by atoms with van der Waals surface area (Å²) in [5.41, 5.74) is 1.97. The van der Waals surface area contributed by atoms with Gasteiger partial charge < -0.3 is 9.47 Å². The number of carbonyl (C=O) groups excluding carboxylic acids is 2. The first kappa shape index (κ1) is 13.3. The highest BCUT2D eigenvalue weighted by molar-refractivity contribution is 5.89. The van der Waals surface area contributed by atoms with E-state index in [0.717, 1.165) is 5.56 Å². The number of carbonyl (C=O) groups is 2. The van der Waals surface area contributed by atoms with Crippen molar-refractivity contribution >= 4 is 18.2 Å².